The molecule has 0 heterocycles. The Bertz CT molecular complexity index is 592. The molecule has 0 aliphatic rings. The van der Waals surface area contributed by atoms with Crippen LogP contribution in [-0.4, -0.2) is 5.97 Å². The highest BCUT2D eigenvalue weighted by molar-refractivity contribution is 5.89. The van der Waals surface area contributed by atoms with E-state index in [1.165, 1.54) is 12.1 Å². The fraction of sp³-hybridized carbons (Fsp3) is 0. The minimum Gasteiger partial charge on any atom is -0.249 e. The fourth-order valence-corrected chi connectivity index (χ4v) is 1.40. The first-order valence-corrected chi connectivity index (χ1v) is 5.29. The minimum atomic E-state index is -1.00. The highest BCUT2D eigenvalue weighted by Gasteiger charge is 2.05. The summed E-state index contributed by atoms with van der Waals surface area (Å²) in [7, 11) is 0. The Labute approximate surface area is 104 Å². The van der Waals surface area contributed by atoms with Gasteiger partial charge in [-0.15, -0.1) is 0 Å². The molecule has 18 heavy (non-hydrogen) atoms. The normalized spacial score (nSPS) is 9.17. The van der Waals surface area contributed by atoms with Crippen LogP contribution in [0, 0.1) is 11.8 Å². The number of carbonyl (C=O) groups excluding carboxylic acids is 1. The van der Waals surface area contributed by atoms with E-state index in [0.29, 0.717) is 0 Å². The summed E-state index contributed by atoms with van der Waals surface area (Å²) in [5.41, 5.74) is 1.81. The Morgan fingerprint density at radius 3 is 2.00 bits per heavy atom. The smallest absolute Gasteiger partial charge is 0.249 e. The van der Waals surface area contributed by atoms with E-state index >= 15 is 0 Å². The molecule has 88 valence electrons. The Kier molecular flexibility index (Phi) is 3.72. The summed E-state index contributed by atoms with van der Waals surface area (Å²) in [6, 6.07) is 15.8. The summed E-state index contributed by atoms with van der Waals surface area (Å²) < 4.78 is 11.7. The molecule has 0 atom stereocenters. The van der Waals surface area contributed by atoms with Crippen molar-refractivity contribution in [3.05, 3.63) is 71.3 Å². The Morgan fingerprint density at radius 1 is 0.889 bits per heavy atom. The molecule has 0 fully saturated rings. The zero-order valence-electron chi connectivity index (χ0n) is 9.39. The van der Waals surface area contributed by atoms with Crippen molar-refractivity contribution in [3.8, 4) is 11.8 Å². The third-order valence-corrected chi connectivity index (χ3v) is 2.32. The van der Waals surface area contributed by atoms with Gasteiger partial charge in [-0.1, -0.05) is 30.0 Å². The first-order chi connectivity index (χ1) is 8.79. The number of hydrogen-bond donors (Lipinski definition) is 0. The molecular formula is C15H9FO2. The molecule has 2 rings (SSSR count). The average molecular weight is 240 g/mol. The molecule has 0 radical (unpaired) electrons. The SMILES string of the molecule is O=C(OF)c1ccc(C#Cc2ccccc2)cc1. The standard InChI is InChI=1S/C15H9FO2/c16-18-15(17)14-10-8-13(9-11-14)7-6-12-4-2-1-3-5-12/h1-5,8-11H. The predicted octanol–water partition coefficient (Wildman–Crippen LogP) is 3.13. The van der Waals surface area contributed by atoms with E-state index in [1.54, 1.807) is 12.1 Å². The lowest BCUT2D eigenvalue weighted by atomic mass is 10.1. The van der Waals surface area contributed by atoms with Gasteiger partial charge >= 0.3 is 5.97 Å². The molecule has 2 aromatic rings. The molecule has 0 aromatic heterocycles. The Hall–Kier alpha value is -2.60. The lowest BCUT2D eigenvalue weighted by Gasteiger charge is -1.95. The zero-order valence-corrected chi connectivity index (χ0v) is 9.39. The average Bonchev–Trinajstić information content (AvgIpc) is 2.46. The second kappa shape index (κ2) is 5.65. The highest BCUT2D eigenvalue weighted by Crippen LogP contribution is 2.05. The lowest BCUT2D eigenvalue weighted by Crippen LogP contribution is -1.97. The number of carbonyl (C=O) groups is 1. The van der Waals surface area contributed by atoms with Crippen LogP contribution in [0.3, 0.4) is 0 Å². The molecule has 2 aromatic carbocycles. The molecule has 0 unspecified atom stereocenters. The van der Waals surface area contributed by atoms with Crippen LogP contribution in [0.5, 0.6) is 0 Å². The van der Waals surface area contributed by atoms with E-state index in [0.717, 1.165) is 11.1 Å². The van der Waals surface area contributed by atoms with E-state index in [4.69, 9.17) is 0 Å². The second-order valence-electron chi connectivity index (χ2n) is 3.56. The number of hydrogen-bond acceptors (Lipinski definition) is 2. The molecular weight excluding hydrogens is 231 g/mol. The van der Waals surface area contributed by atoms with E-state index < -0.39 is 5.97 Å². The lowest BCUT2D eigenvalue weighted by molar-refractivity contribution is -0.0788. The first kappa shape index (κ1) is 11.9. The van der Waals surface area contributed by atoms with Gasteiger partial charge in [0.2, 0.25) is 0 Å². The van der Waals surface area contributed by atoms with Crippen LogP contribution >= 0.6 is 0 Å². The van der Waals surface area contributed by atoms with Crippen LogP contribution in [-0.2, 0) is 4.94 Å². The van der Waals surface area contributed by atoms with Crippen LogP contribution in [0.15, 0.2) is 54.6 Å². The summed E-state index contributed by atoms with van der Waals surface area (Å²) >= 11 is 0. The van der Waals surface area contributed by atoms with Gasteiger partial charge in [-0.25, -0.2) is 9.74 Å². The summed E-state index contributed by atoms with van der Waals surface area (Å²) in [4.78, 5) is 14.0. The van der Waals surface area contributed by atoms with Gasteiger partial charge < -0.3 is 0 Å². The molecule has 0 saturated carbocycles. The highest BCUT2D eigenvalue weighted by atomic mass is 19.3. The van der Waals surface area contributed by atoms with E-state index in [2.05, 4.69) is 16.8 Å². The summed E-state index contributed by atoms with van der Waals surface area (Å²) in [6.45, 7) is 0. The monoisotopic (exact) mass is 240 g/mol. The topological polar surface area (TPSA) is 26.3 Å². The second-order valence-corrected chi connectivity index (χ2v) is 3.56. The van der Waals surface area contributed by atoms with Crippen LogP contribution in [0.25, 0.3) is 0 Å². The largest absolute Gasteiger partial charge is 0.379 e. The Morgan fingerprint density at radius 2 is 1.44 bits per heavy atom. The molecule has 3 heteroatoms. The molecule has 0 N–H and O–H groups in total. The maximum Gasteiger partial charge on any atom is 0.379 e. The number of rotatable bonds is 1. The van der Waals surface area contributed by atoms with Crippen LogP contribution in [0.2, 0.25) is 0 Å². The minimum absolute atomic E-state index is 0.155. The van der Waals surface area contributed by atoms with Crippen molar-refractivity contribution in [1.29, 1.82) is 0 Å². The van der Waals surface area contributed by atoms with Crippen molar-refractivity contribution in [3.63, 3.8) is 0 Å². The molecule has 0 spiro atoms. The van der Waals surface area contributed by atoms with Gasteiger partial charge in [-0.3, -0.25) is 0 Å². The van der Waals surface area contributed by atoms with Crippen molar-refractivity contribution < 1.29 is 14.3 Å². The van der Waals surface area contributed by atoms with Gasteiger partial charge in [-0.05, 0) is 36.4 Å². The third kappa shape index (κ3) is 2.96. The van der Waals surface area contributed by atoms with Crippen molar-refractivity contribution in [2.45, 2.75) is 0 Å². The van der Waals surface area contributed by atoms with E-state index in [1.807, 2.05) is 30.3 Å². The van der Waals surface area contributed by atoms with Gasteiger partial charge in [0.25, 0.3) is 0 Å². The molecule has 0 amide bonds. The van der Waals surface area contributed by atoms with Crippen molar-refractivity contribution >= 4 is 5.97 Å². The van der Waals surface area contributed by atoms with Gasteiger partial charge in [0.05, 0.1) is 5.56 Å². The maximum atomic E-state index is 11.7. The van der Waals surface area contributed by atoms with Gasteiger partial charge in [0.1, 0.15) is 0 Å². The predicted molar refractivity (Wildman–Crippen MR) is 65.4 cm³/mol. The maximum absolute atomic E-state index is 11.7. The number of benzene rings is 2. The first-order valence-electron chi connectivity index (χ1n) is 5.29. The number of halogens is 1. The van der Waals surface area contributed by atoms with Gasteiger partial charge in [-0.2, -0.15) is 0 Å². The van der Waals surface area contributed by atoms with Crippen LogP contribution in [0.4, 0.5) is 4.53 Å². The molecule has 0 bridgehead atoms. The van der Waals surface area contributed by atoms with Crippen molar-refractivity contribution in [1.82, 2.24) is 0 Å². The van der Waals surface area contributed by atoms with E-state index in [-0.39, 0.29) is 5.56 Å². The molecule has 0 aliphatic carbocycles. The summed E-state index contributed by atoms with van der Waals surface area (Å²) in [5, 5.41) is 0. The Balaban J connectivity index is 2.17. The molecule has 0 saturated heterocycles. The zero-order chi connectivity index (χ0) is 12.8. The van der Waals surface area contributed by atoms with Gasteiger partial charge in [0, 0.05) is 15.7 Å². The summed E-state index contributed by atoms with van der Waals surface area (Å²) in [6.07, 6.45) is 0. The van der Waals surface area contributed by atoms with Crippen LogP contribution in [0.1, 0.15) is 21.5 Å². The van der Waals surface area contributed by atoms with Crippen molar-refractivity contribution in [2.75, 3.05) is 0 Å². The molecule has 2 nitrogen and oxygen atoms in total. The van der Waals surface area contributed by atoms with E-state index in [9.17, 15) is 9.32 Å². The van der Waals surface area contributed by atoms with Crippen LogP contribution < -0.4 is 0 Å². The summed E-state index contributed by atoms with van der Waals surface area (Å²) in [5.74, 6) is 4.93. The third-order valence-electron chi connectivity index (χ3n) is 2.32. The fourth-order valence-electron chi connectivity index (χ4n) is 1.40. The quantitative estimate of drug-likeness (QED) is 0.716. The molecule has 0 aliphatic heterocycles. The van der Waals surface area contributed by atoms with Crippen molar-refractivity contribution in [2.24, 2.45) is 0 Å². The van der Waals surface area contributed by atoms with Gasteiger partial charge in [0.15, 0.2) is 0 Å².